The average molecular weight is 616 g/mol. The smallest absolute Gasteiger partial charge is 0.339 e. The van der Waals surface area contributed by atoms with E-state index >= 15 is 0 Å². The van der Waals surface area contributed by atoms with E-state index in [1.54, 1.807) is 0 Å². The third-order valence-corrected chi connectivity index (χ3v) is 6.76. The molecule has 0 bridgehead atoms. The number of carbonyl (C=O) groups excluding carboxylic acids is 1. The lowest BCUT2D eigenvalue weighted by Gasteiger charge is -2.41. The molecule has 3 aromatic carbocycles. The van der Waals surface area contributed by atoms with Crippen molar-refractivity contribution in [1.29, 1.82) is 0 Å². The molecular formula is C28H24O16. The van der Waals surface area contributed by atoms with E-state index in [2.05, 4.69) is 0 Å². The molecule has 1 saturated heterocycles. The summed E-state index contributed by atoms with van der Waals surface area (Å²) in [7, 11) is 0. The maximum Gasteiger partial charge on any atom is 0.339 e. The maximum atomic E-state index is 13.7. The number of carbonyl (C=O) groups is 1. The predicted octanol–water partition coefficient (Wildman–Crippen LogP) is 0.443. The van der Waals surface area contributed by atoms with Gasteiger partial charge in [0.1, 0.15) is 40.8 Å². The lowest BCUT2D eigenvalue weighted by atomic mass is 9.99. The van der Waals surface area contributed by atoms with Crippen molar-refractivity contribution in [2.45, 2.75) is 30.7 Å². The van der Waals surface area contributed by atoms with Gasteiger partial charge in [-0.1, -0.05) is 0 Å². The molecule has 44 heavy (non-hydrogen) atoms. The Balaban J connectivity index is 1.63. The molecule has 16 nitrogen and oxygen atoms in total. The predicted molar refractivity (Wildman–Crippen MR) is 144 cm³/mol. The third kappa shape index (κ3) is 5.29. The molecule has 5 rings (SSSR count). The molecule has 0 spiro atoms. The standard InChI is InChI=1S/C28H24O16/c29-8-18-21(37)23(39)26(43-27(40)10-4-15(34)20(36)16(35)5-10)28(42-18)44-25-22(38)19-14(33)6-11(30)7-17(19)41-24(25)9-1-2-12(31)13(32)3-9/h1-7,18,21,23,26,28-37,39H,8H2/t18-,21+,23-,26+,28+/m0/s1. The Kier molecular flexibility index (Phi) is 7.75. The molecule has 0 saturated carbocycles. The number of benzene rings is 3. The van der Waals surface area contributed by atoms with E-state index < -0.39 is 111 Å². The second-order valence-corrected chi connectivity index (χ2v) is 9.69. The van der Waals surface area contributed by atoms with Crippen molar-refractivity contribution in [3.8, 4) is 57.3 Å². The van der Waals surface area contributed by atoms with Crippen molar-refractivity contribution >= 4 is 16.9 Å². The summed E-state index contributed by atoms with van der Waals surface area (Å²) in [5, 5.41) is 99.8. The summed E-state index contributed by atoms with van der Waals surface area (Å²) in [6.45, 7) is -0.885. The summed E-state index contributed by atoms with van der Waals surface area (Å²) in [6.07, 6.45) is -9.44. The quantitative estimate of drug-likeness (QED) is 0.104. The van der Waals surface area contributed by atoms with Crippen LogP contribution in [0.1, 0.15) is 10.4 Å². The zero-order valence-electron chi connectivity index (χ0n) is 22.1. The van der Waals surface area contributed by atoms with E-state index in [0.29, 0.717) is 0 Å². The number of hydrogen-bond donors (Lipinski definition) is 10. The Bertz CT molecular complexity index is 1790. The molecule has 0 unspecified atom stereocenters. The molecule has 2 heterocycles. The summed E-state index contributed by atoms with van der Waals surface area (Å²) in [5.74, 6) is -7.70. The Morgan fingerprint density at radius 2 is 1.50 bits per heavy atom. The lowest BCUT2D eigenvalue weighted by Crippen LogP contribution is -2.61. The van der Waals surface area contributed by atoms with E-state index in [-0.39, 0.29) is 11.1 Å². The molecule has 1 fully saturated rings. The first-order valence-corrected chi connectivity index (χ1v) is 12.6. The molecule has 16 heteroatoms. The van der Waals surface area contributed by atoms with Crippen molar-refractivity contribution in [3.63, 3.8) is 0 Å². The highest BCUT2D eigenvalue weighted by atomic mass is 16.7. The molecule has 232 valence electrons. The number of aliphatic hydroxyl groups is 3. The lowest BCUT2D eigenvalue weighted by molar-refractivity contribution is -0.276. The van der Waals surface area contributed by atoms with Crippen LogP contribution in [0.5, 0.6) is 46.0 Å². The SMILES string of the molecule is O=C(O[C@H]1[C@@H](Oc2c(-c3ccc(O)c(O)c3)oc3cc(O)cc(O)c3c2=O)O[C@@H](CO)[C@@H](O)[C@@H]1O)c1cc(O)c(O)c(O)c1. The Hall–Kier alpha value is -5.42. The number of phenolic OH excluding ortho intramolecular Hbond substituents is 7. The fourth-order valence-corrected chi connectivity index (χ4v) is 4.54. The van der Waals surface area contributed by atoms with Gasteiger partial charge in [0, 0.05) is 17.7 Å². The van der Waals surface area contributed by atoms with Gasteiger partial charge < -0.3 is 69.7 Å². The number of esters is 1. The van der Waals surface area contributed by atoms with Crippen LogP contribution in [-0.2, 0) is 9.47 Å². The van der Waals surface area contributed by atoms with Crippen LogP contribution in [0.3, 0.4) is 0 Å². The van der Waals surface area contributed by atoms with Gasteiger partial charge in [-0.3, -0.25) is 4.79 Å². The van der Waals surface area contributed by atoms with Crippen molar-refractivity contribution in [3.05, 3.63) is 58.3 Å². The van der Waals surface area contributed by atoms with Crippen LogP contribution < -0.4 is 10.2 Å². The topological polar surface area (TPSA) is 277 Å². The molecule has 1 aromatic heterocycles. The zero-order valence-corrected chi connectivity index (χ0v) is 22.1. The van der Waals surface area contributed by atoms with E-state index in [1.165, 1.54) is 6.07 Å². The zero-order chi connectivity index (χ0) is 32.0. The number of aromatic hydroxyl groups is 7. The molecular weight excluding hydrogens is 592 g/mol. The average Bonchev–Trinajstić information content (AvgIpc) is 2.97. The van der Waals surface area contributed by atoms with Gasteiger partial charge >= 0.3 is 5.97 Å². The molecule has 10 N–H and O–H groups in total. The normalized spacial score (nSPS) is 21.7. The van der Waals surface area contributed by atoms with E-state index in [0.717, 1.165) is 36.4 Å². The second kappa shape index (κ2) is 11.3. The third-order valence-electron chi connectivity index (χ3n) is 6.76. The van der Waals surface area contributed by atoms with Crippen molar-refractivity contribution in [2.75, 3.05) is 6.61 Å². The number of hydrogen-bond acceptors (Lipinski definition) is 16. The summed E-state index contributed by atoms with van der Waals surface area (Å²) < 4.78 is 22.3. The number of aliphatic hydroxyl groups excluding tert-OH is 3. The van der Waals surface area contributed by atoms with Crippen LogP contribution >= 0.6 is 0 Å². The van der Waals surface area contributed by atoms with Gasteiger partial charge in [-0.25, -0.2) is 4.79 Å². The minimum atomic E-state index is -2.03. The molecule has 4 aromatic rings. The first-order chi connectivity index (χ1) is 20.8. The van der Waals surface area contributed by atoms with E-state index in [9.17, 15) is 60.7 Å². The van der Waals surface area contributed by atoms with Gasteiger partial charge in [0.2, 0.25) is 17.5 Å². The monoisotopic (exact) mass is 616 g/mol. The molecule has 0 aliphatic carbocycles. The fourth-order valence-electron chi connectivity index (χ4n) is 4.54. The van der Waals surface area contributed by atoms with Crippen molar-refractivity contribution in [2.24, 2.45) is 0 Å². The Morgan fingerprint density at radius 3 is 2.14 bits per heavy atom. The minimum absolute atomic E-state index is 0.0872. The molecule has 0 amide bonds. The van der Waals surface area contributed by atoms with Crippen LogP contribution in [0.15, 0.2) is 51.7 Å². The highest BCUT2D eigenvalue weighted by molar-refractivity contribution is 5.91. The van der Waals surface area contributed by atoms with Crippen LogP contribution in [0.25, 0.3) is 22.3 Å². The number of phenols is 7. The van der Waals surface area contributed by atoms with Crippen LogP contribution in [0, 0.1) is 0 Å². The first-order valence-electron chi connectivity index (χ1n) is 12.6. The second-order valence-electron chi connectivity index (χ2n) is 9.69. The molecule has 1 aliphatic heterocycles. The summed E-state index contributed by atoms with van der Waals surface area (Å²) in [6, 6.07) is 6.51. The minimum Gasteiger partial charge on any atom is -0.508 e. The van der Waals surface area contributed by atoms with Gasteiger partial charge in [0.15, 0.2) is 40.6 Å². The maximum absolute atomic E-state index is 13.7. The number of rotatable bonds is 6. The van der Waals surface area contributed by atoms with Crippen molar-refractivity contribution < 1.29 is 74.5 Å². The van der Waals surface area contributed by atoms with Gasteiger partial charge in [-0.2, -0.15) is 0 Å². The van der Waals surface area contributed by atoms with Crippen LogP contribution in [0.2, 0.25) is 0 Å². The van der Waals surface area contributed by atoms with Gasteiger partial charge in [-0.05, 0) is 30.3 Å². The van der Waals surface area contributed by atoms with E-state index in [1.807, 2.05) is 0 Å². The highest BCUT2D eigenvalue weighted by Crippen LogP contribution is 2.40. The number of ether oxygens (including phenoxy) is 3. The highest BCUT2D eigenvalue weighted by Gasteiger charge is 2.48. The summed E-state index contributed by atoms with van der Waals surface area (Å²) >= 11 is 0. The van der Waals surface area contributed by atoms with Crippen LogP contribution in [0.4, 0.5) is 0 Å². The first kappa shape index (κ1) is 30.1. The van der Waals surface area contributed by atoms with Crippen molar-refractivity contribution in [1.82, 2.24) is 0 Å². The Morgan fingerprint density at radius 1 is 0.818 bits per heavy atom. The largest absolute Gasteiger partial charge is 0.508 e. The number of fused-ring (bicyclic) bond motifs is 1. The molecule has 1 aliphatic rings. The molecule has 0 radical (unpaired) electrons. The fraction of sp³-hybridized carbons (Fsp3) is 0.214. The summed E-state index contributed by atoms with van der Waals surface area (Å²) in [5.41, 5.74) is -2.05. The summed E-state index contributed by atoms with van der Waals surface area (Å²) in [4.78, 5) is 26.6. The van der Waals surface area contributed by atoms with Crippen LogP contribution in [-0.4, -0.2) is 94.3 Å². The molecule has 5 atom stereocenters. The van der Waals surface area contributed by atoms with Gasteiger partial charge in [0.05, 0.1) is 12.2 Å². The van der Waals surface area contributed by atoms with Gasteiger partial charge in [0.25, 0.3) is 0 Å². The van der Waals surface area contributed by atoms with Gasteiger partial charge in [-0.15, -0.1) is 0 Å². The Labute approximate surface area is 244 Å². The van der Waals surface area contributed by atoms with E-state index in [4.69, 9.17) is 18.6 Å².